The average molecular weight is 328 g/mol. The Bertz CT molecular complexity index is 564. The summed E-state index contributed by atoms with van der Waals surface area (Å²) in [4.78, 5) is 29.3. The lowest BCUT2D eigenvalue weighted by Crippen LogP contribution is -2.36. The first kappa shape index (κ1) is 17.0. The molecule has 1 aromatic rings. The lowest BCUT2D eigenvalue weighted by molar-refractivity contribution is -0.138. The molecule has 0 spiro atoms. The average Bonchev–Trinajstić information content (AvgIpc) is 3.43. The summed E-state index contributed by atoms with van der Waals surface area (Å²) in [5.74, 6) is 0.199. The molecule has 0 bridgehead atoms. The van der Waals surface area contributed by atoms with Crippen molar-refractivity contribution in [1.82, 2.24) is 9.80 Å². The molecule has 1 saturated carbocycles. The quantitative estimate of drug-likeness (QED) is 0.833. The molecule has 1 heterocycles. The van der Waals surface area contributed by atoms with Gasteiger partial charge in [0.25, 0.3) is 0 Å². The van der Waals surface area contributed by atoms with E-state index in [1.165, 1.54) is 12.8 Å². The van der Waals surface area contributed by atoms with E-state index in [1.807, 2.05) is 47.1 Å². The van der Waals surface area contributed by atoms with Gasteiger partial charge in [0.2, 0.25) is 11.8 Å². The van der Waals surface area contributed by atoms with Crippen LogP contribution in [0.2, 0.25) is 0 Å². The van der Waals surface area contributed by atoms with E-state index in [4.69, 9.17) is 0 Å². The molecule has 2 unspecified atom stereocenters. The maximum absolute atomic E-state index is 12.8. The minimum atomic E-state index is -0.0931. The van der Waals surface area contributed by atoms with Crippen LogP contribution in [0.3, 0.4) is 0 Å². The van der Waals surface area contributed by atoms with Gasteiger partial charge in [-0.1, -0.05) is 43.2 Å². The van der Waals surface area contributed by atoms with E-state index in [-0.39, 0.29) is 23.7 Å². The minimum Gasteiger partial charge on any atom is -0.342 e. The summed E-state index contributed by atoms with van der Waals surface area (Å²) in [6, 6.07) is 10.1. The zero-order valence-corrected chi connectivity index (χ0v) is 14.6. The Morgan fingerprint density at radius 2 is 1.71 bits per heavy atom. The minimum absolute atomic E-state index is 0.0691. The second-order valence-electron chi connectivity index (χ2n) is 7.03. The predicted molar refractivity (Wildman–Crippen MR) is 94.2 cm³/mol. The van der Waals surface area contributed by atoms with Gasteiger partial charge in [0.15, 0.2) is 0 Å². The zero-order chi connectivity index (χ0) is 16.9. The first-order valence-corrected chi connectivity index (χ1v) is 9.32. The number of amides is 2. The Hall–Kier alpha value is -1.84. The van der Waals surface area contributed by atoms with Crippen LogP contribution < -0.4 is 0 Å². The lowest BCUT2D eigenvalue weighted by Gasteiger charge is -2.23. The highest BCUT2D eigenvalue weighted by molar-refractivity contribution is 5.92. The van der Waals surface area contributed by atoms with Crippen LogP contribution in [0.1, 0.15) is 44.6 Å². The molecule has 2 aliphatic rings. The number of hydrogen-bond donors (Lipinski definition) is 0. The van der Waals surface area contributed by atoms with Gasteiger partial charge in [-0.25, -0.2) is 0 Å². The third-order valence-corrected chi connectivity index (χ3v) is 5.25. The highest BCUT2D eigenvalue weighted by Crippen LogP contribution is 2.42. The third-order valence-electron chi connectivity index (χ3n) is 5.25. The number of likely N-dealkylation sites (tertiary alicyclic amines) is 1. The highest BCUT2D eigenvalue weighted by Gasteiger charge is 2.50. The number of carbonyl (C=O) groups is 2. The van der Waals surface area contributed by atoms with Crippen molar-refractivity contribution in [3.63, 3.8) is 0 Å². The monoisotopic (exact) mass is 328 g/mol. The molecular formula is C20H28N2O2. The van der Waals surface area contributed by atoms with Crippen LogP contribution in [0.25, 0.3) is 0 Å². The summed E-state index contributed by atoms with van der Waals surface area (Å²) in [6.45, 7) is 5.08. The van der Waals surface area contributed by atoms with E-state index in [9.17, 15) is 9.59 Å². The molecule has 1 saturated heterocycles. The molecule has 2 amide bonds. The van der Waals surface area contributed by atoms with Crippen LogP contribution in [-0.2, 0) is 16.1 Å². The number of carbonyl (C=O) groups excluding carboxylic acids is 2. The highest BCUT2D eigenvalue weighted by atomic mass is 16.2. The fourth-order valence-corrected chi connectivity index (χ4v) is 3.65. The van der Waals surface area contributed by atoms with Gasteiger partial charge < -0.3 is 9.80 Å². The molecular weight excluding hydrogens is 300 g/mol. The van der Waals surface area contributed by atoms with Crippen molar-refractivity contribution in [2.24, 2.45) is 11.8 Å². The number of hydrogen-bond acceptors (Lipinski definition) is 2. The van der Waals surface area contributed by atoms with E-state index in [2.05, 4.69) is 0 Å². The smallest absolute Gasteiger partial charge is 0.226 e. The van der Waals surface area contributed by atoms with Crippen LogP contribution in [0, 0.1) is 11.8 Å². The first-order chi connectivity index (χ1) is 11.7. The Kier molecular flexibility index (Phi) is 5.54. The van der Waals surface area contributed by atoms with Gasteiger partial charge in [0.05, 0.1) is 11.8 Å². The van der Waals surface area contributed by atoms with Crippen LogP contribution in [0.5, 0.6) is 0 Å². The van der Waals surface area contributed by atoms with E-state index in [0.717, 1.165) is 37.9 Å². The standard InChI is InChI=1S/C20H28N2O2/c1-2-21(15-16-10-6-5-7-11-16)19(23)17-14-18(17)20(24)22-12-8-3-4-9-13-22/h5-7,10-11,17-18H,2-4,8-9,12-15H2,1H3. The molecule has 3 rings (SSSR count). The van der Waals surface area contributed by atoms with E-state index in [0.29, 0.717) is 13.1 Å². The van der Waals surface area contributed by atoms with Gasteiger partial charge in [-0.05, 0) is 31.7 Å². The summed E-state index contributed by atoms with van der Waals surface area (Å²) >= 11 is 0. The molecule has 2 fully saturated rings. The van der Waals surface area contributed by atoms with Crippen LogP contribution in [0.4, 0.5) is 0 Å². The number of rotatable bonds is 5. The molecule has 1 aromatic carbocycles. The van der Waals surface area contributed by atoms with Crippen molar-refractivity contribution < 1.29 is 9.59 Å². The summed E-state index contributed by atoms with van der Waals surface area (Å²) < 4.78 is 0. The van der Waals surface area contributed by atoms with Gasteiger partial charge in [0, 0.05) is 26.2 Å². The fourth-order valence-electron chi connectivity index (χ4n) is 3.65. The third kappa shape index (κ3) is 3.97. The molecule has 1 aliphatic heterocycles. The predicted octanol–water partition coefficient (Wildman–Crippen LogP) is 3.07. The summed E-state index contributed by atoms with van der Waals surface area (Å²) in [7, 11) is 0. The van der Waals surface area contributed by atoms with E-state index in [1.54, 1.807) is 0 Å². The van der Waals surface area contributed by atoms with Crippen LogP contribution in [-0.4, -0.2) is 41.2 Å². The largest absolute Gasteiger partial charge is 0.342 e. The normalized spacial score (nSPS) is 23.5. The molecule has 24 heavy (non-hydrogen) atoms. The second kappa shape index (κ2) is 7.82. The Balaban J connectivity index is 1.56. The van der Waals surface area contributed by atoms with Crippen molar-refractivity contribution in [2.45, 2.75) is 45.6 Å². The number of benzene rings is 1. The molecule has 2 atom stereocenters. The van der Waals surface area contributed by atoms with Gasteiger partial charge in [-0.15, -0.1) is 0 Å². The van der Waals surface area contributed by atoms with Crippen molar-refractivity contribution in [3.8, 4) is 0 Å². The van der Waals surface area contributed by atoms with Crippen molar-refractivity contribution in [3.05, 3.63) is 35.9 Å². The van der Waals surface area contributed by atoms with Gasteiger partial charge in [-0.2, -0.15) is 0 Å². The molecule has 4 nitrogen and oxygen atoms in total. The topological polar surface area (TPSA) is 40.6 Å². The molecule has 0 aromatic heterocycles. The maximum Gasteiger partial charge on any atom is 0.226 e. The lowest BCUT2D eigenvalue weighted by atomic mass is 10.2. The first-order valence-electron chi connectivity index (χ1n) is 9.32. The Morgan fingerprint density at radius 1 is 1.04 bits per heavy atom. The van der Waals surface area contributed by atoms with Crippen LogP contribution in [0.15, 0.2) is 30.3 Å². The molecule has 4 heteroatoms. The van der Waals surface area contributed by atoms with Crippen LogP contribution >= 0.6 is 0 Å². The SMILES string of the molecule is CCN(Cc1ccccc1)C(=O)C1CC1C(=O)N1CCCCCC1. The zero-order valence-electron chi connectivity index (χ0n) is 14.6. The Labute approximate surface area is 144 Å². The van der Waals surface area contributed by atoms with Gasteiger partial charge in [-0.3, -0.25) is 9.59 Å². The van der Waals surface area contributed by atoms with Crippen molar-refractivity contribution >= 4 is 11.8 Å². The molecule has 1 aliphatic carbocycles. The Morgan fingerprint density at radius 3 is 2.33 bits per heavy atom. The summed E-state index contributed by atoms with van der Waals surface area (Å²) in [5, 5.41) is 0. The second-order valence-corrected chi connectivity index (χ2v) is 7.03. The van der Waals surface area contributed by atoms with Crippen molar-refractivity contribution in [2.75, 3.05) is 19.6 Å². The fraction of sp³-hybridized carbons (Fsp3) is 0.600. The van der Waals surface area contributed by atoms with Gasteiger partial charge >= 0.3 is 0 Å². The molecule has 130 valence electrons. The van der Waals surface area contributed by atoms with Crippen molar-refractivity contribution in [1.29, 1.82) is 0 Å². The van der Waals surface area contributed by atoms with E-state index >= 15 is 0 Å². The van der Waals surface area contributed by atoms with Gasteiger partial charge in [0.1, 0.15) is 0 Å². The summed E-state index contributed by atoms with van der Waals surface area (Å²) in [6.07, 6.45) is 5.38. The molecule has 0 radical (unpaired) electrons. The maximum atomic E-state index is 12.8. The summed E-state index contributed by atoms with van der Waals surface area (Å²) in [5.41, 5.74) is 1.14. The molecule has 0 N–H and O–H groups in total. The number of nitrogens with zero attached hydrogens (tertiary/aromatic N) is 2. The van der Waals surface area contributed by atoms with E-state index < -0.39 is 0 Å².